The van der Waals surface area contributed by atoms with Gasteiger partial charge in [0, 0.05) is 25.1 Å². The highest BCUT2D eigenvalue weighted by Gasteiger charge is 2.24. The summed E-state index contributed by atoms with van der Waals surface area (Å²) < 4.78 is 20.3. The van der Waals surface area contributed by atoms with Crippen molar-refractivity contribution < 1.29 is 13.9 Å². The fourth-order valence-corrected chi connectivity index (χ4v) is 2.97. The van der Waals surface area contributed by atoms with Crippen LogP contribution in [0.15, 0.2) is 18.2 Å². The summed E-state index contributed by atoms with van der Waals surface area (Å²) in [6, 6.07) is 4.24. The molecule has 1 aliphatic carbocycles. The molecule has 1 atom stereocenters. The molecule has 0 aliphatic heterocycles. The third-order valence-electron chi connectivity index (χ3n) is 4.15. The summed E-state index contributed by atoms with van der Waals surface area (Å²) in [4.78, 5) is 12.3. The van der Waals surface area contributed by atoms with Crippen molar-refractivity contribution in [3.05, 3.63) is 41.0 Å². The molecule has 1 amide bonds. The van der Waals surface area contributed by atoms with Crippen LogP contribution in [0, 0.1) is 5.82 Å². The molecule has 0 fully saturated rings. The molecule has 1 heterocycles. The summed E-state index contributed by atoms with van der Waals surface area (Å²) in [6.45, 7) is 0. The number of halogens is 1. The predicted octanol–water partition coefficient (Wildman–Crippen LogP) is 1.18. The monoisotopic (exact) mass is 318 g/mol. The molecule has 7 heteroatoms. The number of rotatable bonds is 4. The number of benzene rings is 1. The molecule has 3 rings (SSSR count). The standard InChI is InChI=1S/C16H19FN4O2/c1-21-14-9-12(4-5-13(14)19-20-21)18-16(22)8-10-7-11(17)3-6-15(10)23-2/h3,6-7,12H,4-5,8-9H2,1-2H3,(H,18,22). The van der Waals surface area contributed by atoms with Gasteiger partial charge in [-0.15, -0.1) is 5.10 Å². The van der Waals surface area contributed by atoms with Gasteiger partial charge in [0.15, 0.2) is 0 Å². The third-order valence-corrected chi connectivity index (χ3v) is 4.15. The lowest BCUT2D eigenvalue weighted by Crippen LogP contribution is -2.40. The summed E-state index contributed by atoms with van der Waals surface area (Å²) >= 11 is 0. The number of amides is 1. The first-order chi connectivity index (χ1) is 11.1. The molecule has 0 spiro atoms. The number of hydrogen-bond acceptors (Lipinski definition) is 4. The Hall–Kier alpha value is -2.44. The van der Waals surface area contributed by atoms with Crippen molar-refractivity contribution in [3.63, 3.8) is 0 Å². The summed E-state index contributed by atoms with van der Waals surface area (Å²) in [5.74, 6) is -0.00217. The topological polar surface area (TPSA) is 69.0 Å². The van der Waals surface area contributed by atoms with Crippen LogP contribution in [0.3, 0.4) is 0 Å². The van der Waals surface area contributed by atoms with Crippen LogP contribution in [-0.2, 0) is 31.1 Å². The first-order valence-electron chi connectivity index (χ1n) is 7.56. The molecule has 0 radical (unpaired) electrons. The van der Waals surface area contributed by atoms with Crippen molar-refractivity contribution in [2.75, 3.05) is 7.11 Å². The highest BCUT2D eigenvalue weighted by atomic mass is 19.1. The van der Waals surface area contributed by atoms with E-state index in [1.807, 2.05) is 7.05 Å². The minimum atomic E-state index is -0.378. The van der Waals surface area contributed by atoms with Gasteiger partial charge >= 0.3 is 0 Å². The zero-order valence-corrected chi connectivity index (χ0v) is 13.2. The lowest BCUT2D eigenvalue weighted by atomic mass is 9.95. The van der Waals surface area contributed by atoms with E-state index in [1.165, 1.54) is 25.3 Å². The number of fused-ring (bicyclic) bond motifs is 1. The van der Waals surface area contributed by atoms with E-state index >= 15 is 0 Å². The molecular weight excluding hydrogens is 299 g/mol. The average molecular weight is 318 g/mol. The molecule has 1 aliphatic rings. The molecule has 0 saturated carbocycles. The van der Waals surface area contributed by atoms with E-state index in [2.05, 4.69) is 15.6 Å². The quantitative estimate of drug-likeness (QED) is 0.919. The SMILES string of the molecule is COc1ccc(F)cc1CC(=O)NC1CCc2nnn(C)c2C1. The van der Waals surface area contributed by atoms with Crippen LogP contribution in [0.4, 0.5) is 4.39 Å². The maximum absolute atomic E-state index is 13.4. The lowest BCUT2D eigenvalue weighted by Gasteiger charge is -2.23. The van der Waals surface area contributed by atoms with Crippen molar-refractivity contribution in [3.8, 4) is 5.75 Å². The van der Waals surface area contributed by atoms with Crippen LogP contribution >= 0.6 is 0 Å². The minimum absolute atomic E-state index is 0.0479. The van der Waals surface area contributed by atoms with Crippen LogP contribution in [0.2, 0.25) is 0 Å². The minimum Gasteiger partial charge on any atom is -0.496 e. The largest absolute Gasteiger partial charge is 0.496 e. The highest BCUT2D eigenvalue weighted by molar-refractivity contribution is 5.79. The second kappa shape index (κ2) is 6.36. The van der Waals surface area contributed by atoms with Gasteiger partial charge in [0.1, 0.15) is 11.6 Å². The molecule has 0 bridgehead atoms. The van der Waals surface area contributed by atoms with Crippen molar-refractivity contribution >= 4 is 5.91 Å². The van der Waals surface area contributed by atoms with Crippen LogP contribution in [0.1, 0.15) is 23.4 Å². The number of ether oxygens (including phenoxy) is 1. The molecule has 0 saturated heterocycles. The fourth-order valence-electron chi connectivity index (χ4n) is 2.97. The van der Waals surface area contributed by atoms with Gasteiger partial charge in [-0.1, -0.05) is 5.21 Å². The van der Waals surface area contributed by atoms with E-state index in [-0.39, 0.29) is 24.2 Å². The smallest absolute Gasteiger partial charge is 0.224 e. The van der Waals surface area contributed by atoms with Crippen molar-refractivity contribution in [2.24, 2.45) is 7.05 Å². The lowest BCUT2D eigenvalue weighted by molar-refractivity contribution is -0.121. The summed E-state index contributed by atoms with van der Waals surface area (Å²) in [5, 5.41) is 11.1. The van der Waals surface area contributed by atoms with Crippen molar-refractivity contribution in [1.29, 1.82) is 0 Å². The number of nitrogens with one attached hydrogen (secondary N) is 1. The molecule has 2 aromatic rings. The van der Waals surface area contributed by atoms with Gasteiger partial charge in [0.25, 0.3) is 0 Å². The Balaban J connectivity index is 1.64. The molecule has 122 valence electrons. The van der Waals surface area contributed by atoms with E-state index in [9.17, 15) is 9.18 Å². The maximum atomic E-state index is 13.4. The Morgan fingerprint density at radius 3 is 3.13 bits per heavy atom. The molecule has 1 unspecified atom stereocenters. The average Bonchev–Trinajstić information content (AvgIpc) is 2.88. The summed E-state index contributed by atoms with van der Waals surface area (Å²) in [5.41, 5.74) is 2.61. The van der Waals surface area contributed by atoms with Gasteiger partial charge in [-0.25, -0.2) is 4.39 Å². The van der Waals surface area contributed by atoms with Crippen LogP contribution in [0.5, 0.6) is 5.75 Å². The van der Waals surface area contributed by atoms with Crippen molar-refractivity contribution in [1.82, 2.24) is 20.3 Å². The Bertz CT molecular complexity index is 729. The van der Waals surface area contributed by atoms with Gasteiger partial charge in [-0.05, 0) is 31.0 Å². The first-order valence-corrected chi connectivity index (χ1v) is 7.56. The first kappa shape index (κ1) is 15.5. The normalized spacial score (nSPS) is 16.7. The Kier molecular flexibility index (Phi) is 4.27. The van der Waals surface area contributed by atoms with E-state index in [1.54, 1.807) is 4.68 Å². The fraction of sp³-hybridized carbons (Fsp3) is 0.438. The van der Waals surface area contributed by atoms with E-state index in [0.29, 0.717) is 17.7 Å². The number of aromatic nitrogens is 3. The molecule has 23 heavy (non-hydrogen) atoms. The second-order valence-electron chi connectivity index (χ2n) is 5.75. The summed E-state index contributed by atoms with van der Waals surface area (Å²) in [6.07, 6.45) is 2.44. The molecule has 1 aromatic carbocycles. The number of carbonyl (C=O) groups is 1. The molecule has 6 nitrogen and oxygen atoms in total. The number of methoxy groups -OCH3 is 1. The van der Waals surface area contributed by atoms with Gasteiger partial charge < -0.3 is 10.1 Å². The Morgan fingerprint density at radius 1 is 1.52 bits per heavy atom. The number of aryl methyl sites for hydroxylation is 2. The Morgan fingerprint density at radius 2 is 2.35 bits per heavy atom. The number of hydrogen-bond donors (Lipinski definition) is 1. The van der Waals surface area contributed by atoms with E-state index in [0.717, 1.165) is 24.2 Å². The van der Waals surface area contributed by atoms with Gasteiger partial charge in [-0.2, -0.15) is 0 Å². The Labute approximate surface area is 133 Å². The van der Waals surface area contributed by atoms with Gasteiger partial charge in [-0.3, -0.25) is 9.48 Å². The van der Waals surface area contributed by atoms with E-state index < -0.39 is 0 Å². The van der Waals surface area contributed by atoms with Crippen LogP contribution < -0.4 is 10.1 Å². The predicted molar refractivity (Wildman–Crippen MR) is 81.6 cm³/mol. The molecule has 1 aromatic heterocycles. The second-order valence-corrected chi connectivity index (χ2v) is 5.75. The zero-order valence-electron chi connectivity index (χ0n) is 13.2. The van der Waals surface area contributed by atoms with Crippen LogP contribution in [-0.4, -0.2) is 34.1 Å². The van der Waals surface area contributed by atoms with Crippen molar-refractivity contribution in [2.45, 2.75) is 31.7 Å². The zero-order chi connectivity index (χ0) is 16.4. The molecular formula is C16H19FN4O2. The molecule has 1 N–H and O–H groups in total. The maximum Gasteiger partial charge on any atom is 0.224 e. The van der Waals surface area contributed by atoms with Crippen LogP contribution in [0.25, 0.3) is 0 Å². The van der Waals surface area contributed by atoms with Gasteiger partial charge in [0.2, 0.25) is 5.91 Å². The number of nitrogens with zero attached hydrogens (tertiary/aromatic N) is 3. The number of carbonyl (C=O) groups excluding carboxylic acids is 1. The van der Waals surface area contributed by atoms with E-state index in [4.69, 9.17) is 4.74 Å². The highest BCUT2D eigenvalue weighted by Crippen LogP contribution is 2.21. The summed E-state index contributed by atoms with van der Waals surface area (Å²) in [7, 11) is 3.36. The van der Waals surface area contributed by atoms with Gasteiger partial charge in [0.05, 0.1) is 24.9 Å². The third kappa shape index (κ3) is 3.33.